The van der Waals surface area contributed by atoms with Crippen LogP contribution in [0.1, 0.15) is 19.4 Å². The number of amides is 1. The summed E-state index contributed by atoms with van der Waals surface area (Å²) in [7, 11) is 0. The maximum Gasteiger partial charge on any atom is 0.228 e. The maximum absolute atomic E-state index is 11.4. The zero-order chi connectivity index (χ0) is 10.7. The van der Waals surface area contributed by atoms with Crippen molar-refractivity contribution in [3.05, 3.63) is 21.4 Å². The van der Waals surface area contributed by atoms with Crippen LogP contribution >= 0.6 is 22.6 Å². The van der Waals surface area contributed by atoms with Crippen molar-refractivity contribution >= 4 is 34.3 Å². The van der Waals surface area contributed by atoms with Crippen LogP contribution < -0.4 is 5.32 Å². The van der Waals surface area contributed by atoms with Crippen molar-refractivity contribution in [1.29, 1.82) is 0 Å². The number of aromatic nitrogens is 1. The van der Waals surface area contributed by atoms with Crippen LogP contribution in [-0.4, -0.2) is 10.9 Å². The largest absolute Gasteiger partial charge is 0.310 e. The summed E-state index contributed by atoms with van der Waals surface area (Å²) in [6.07, 6.45) is 1.74. The van der Waals surface area contributed by atoms with Gasteiger partial charge in [0, 0.05) is 15.7 Å². The second-order valence-corrected chi connectivity index (χ2v) is 4.71. The van der Waals surface area contributed by atoms with Gasteiger partial charge in [-0.15, -0.1) is 0 Å². The summed E-state index contributed by atoms with van der Waals surface area (Å²) < 4.78 is 1.07. The molecule has 1 rings (SSSR count). The second kappa shape index (κ2) is 4.72. The number of anilines is 1. The fourth-order valence-corrected chi connectivity index (χ4v) is 1.54. The van der Waals surface area contributed by atoms with E-state index in [0.29, 0.717) is 5.82 Å². The fraction of sp³-hybridized carbons (Fsp3) is 0.400. The average molecular weight is 304 g/mol. The van der Waals surface area contributed by atoms with Crippen molar-refractivity contribution in [2.24, 2.45) is 5.92 Å². The summed E-state index contributed by atoms with van der Waals surface area (Å²) in [6, 6.07) is 1.99. The number of halogens is 1. The zero-order valence-electron chi connectivity index (χ0n) is 8.47. The van der Waals surface area contributed by atoms with Crippen molar-refractivity contribution in [3.63, 3.8) is 0 Å². The molecule has 0 bridgehead atoms. The van der Waals surface area contributed by atoms with Crippen LogP contribution in [0.4, 0.5) is 5.82 Å². The molecule has 0 aromatic carbocycles. The molecule has 14 heavy (non-hydrogen) atoms. The van der Waals surface area contributed by atoms with Gasteiger partial charge >= 0.3 is 0 Å². The third kappa shape index (κ3) is 2.94. The first-order valence-corrected chi connectivity index (χ1v) is 5.51. The molecule has 0 aliphatic heterocycles. The minimum absolute atomic E-state index is 0.00167. The van der Waals surface area contributed by atoms with Crippen LogP contribution in [0, 0.1) is 16.4 Å². The summed E-state index contributed by atoms with van der Waals surface area (Å²) in [6.45, 7) is 5.65. The number of pyridine rings is 1. The summed E-state index contributed by atoms with van der Waals surface area (Å²) in [5.74, 6) is 0.640. The van der Waals surface area contributed by atoms with E-state index >= 15 is 0 Å². The Labute approximate surface area is 97.4 Å². The van der Waals surface area contributed by atoms with Gasteiger partial charge in [-0.3, -0.25) is 4.79 Å². The number of hydrogen-bond donors (Lipinski definition) is 1. The number of aryl methyl sites for hydroxylation is 1. The molecule has 0 fully saturated rings. The van der Waals surface area contributed by atoms with Crippen molar-refractivity contribution < 1.29 is 4.79 Å². The maximum atomic E-state index is 11.4. The minimum Gasteiger partial charge on any atom is -0.310 e. The van der Waals surface area contributed by atoms with Gasteiger partial charge in [0.15, 0.2) is 0 Å². The van der Waals surface area contributed by atoms with Crippen molar-refractivity contribution in [2.75, 3.05) is 5.32 Å². The molecule has 0 atom stereocenters. The molecule has 4 heteroatoms. The Bertz CT molecular complexity index is 350. The highest BCUT2D eigenvalue weighted by Gasteiger charge is 2.09. The Balaban J connectivity index is 2.82. The Morgan fingerprint density at radius 2 is 2.21 bits per heavy atom. The smallest absolute Gasteiger partial charge is 0.228 e. The van der Waals surface area contributed by atoms with Crippen LogP contribution in [0.15, 0.2) is 12.3 Å². The van der Waals surface area contributed by atoms with Crippen LogP contribution in [0.5, 0.6) is 0 Å². The van der Waals surface area contributed by atoms with Gasteiger partial charge in [-0.2, -0.15) is 0 Å². The van der Waals surface area contributed by atoms with Gasteiger partial charge in [-0.25, -0.2) is 4.98 Å². The lowest BCUT2D eigenvalue weighted by molar-refractivity contribution is -0.118. The number of nitrogens with one attached hydrogen (secondary N) is 1. The van der Waals surface area contributed by atoms with E-state index in [-0.39, 0.29) is 11.8 Å². The van der Waals surface area contributed by atoms with Gasteiger partial charge in [-0.1, -0.05) is 13.8 Å². The Kier molecular flexibility index (Phi) is 3.86. The first kappa shape index (κ1) is 11.4. The normalized spacial score (nSPS) is 10.4. The van der Waals surface area contributed by atoms with E-state index in [1.807, 2.05) is 26.8 Å². The molecule has 0 aliphatic carbocycles. The third-order valence-electron chi connectivity index (χ3n) is 1.81. The van der Waals surface area contributed by atoms with Crippen LogP contribution in [0.25, 0.3) is 0 Å². The van der Waals surface area contributed by atoms with Crippen molar-refractivity contribution in [3.8, 4) is 0 Å². The lowest BCUT2D eigenvalue weighted by Gasteiger charge is -2.09. The highest BCUT2D eigenvalue weighted by molar-refractivity contribution is 14.1. The molecule has 1 N–H and O–H groups in total. The molecule has 0 unspecified atom stereocenters. The number of hydrogen-bond acceptors (Lipinski definition) is 2. The summed E-state index contributed by atoms with van der Waals surface area (Å²) in [5.41, 5.74) is 0.992. The summed E-state index contributed by atoms with van der Waals surface area (Å²) in [4.78, 5) is 15.6. The lowest BCUT2D eigenvalue weighted by Crippen LogP contribution is -2.19. The van der Waals surface area contributed by atoms with E-state index in [9.17, 15) is 4.79 Å². The predicted molar refractivity (Wildman–Crippen MR) is 65.2 cm³/mol. The summed E-state index contributed by atoms with van der Waals surface area (Å²) in [5, 5.41) is 2.78. The van der Waals surface area contributed by atoms with Crippen molar-refractivity contribution in [2.45, 2.75) is 20.8 Å². The van der Waals surface area contributed by atoms with E-state index in [1.165, 1.54) is 0 Å². The number of nitrogens with zero attached hydrogens (tertiary/aromatic N) is 1. The quantitative estimate of drug-likeness (QED) is 0.853. The Hall–Kier alpha value is -0.650. The van der Waals surface area contributed by atoms with E-state index < -0.39 is 0 Å². The molecule has 0 radical (unpaired) electrons. The van der Waals surface area contributed by atoms with Crippen LogP contribution in [-0.2, 0) is 4.79 Å². The topological polar surface area (TPSA) is 42.0 Å². The molecule has 1 amide bonds. The van der Waals surface area contributed by atoms with Gasteiger partial charge in [0.25, 0.3) is 0 Å². The standard InChI is InChI=1S/C10H13IN2O/c1-6(2)10(14)13-9-7(3)4-8(11)5-12-9/h4-6H,1-3H3,(H,12,13,14). The number of rotatable bonds is 2. The highest BCUT2D eigenvalue weighted by atomic mass is 127. The van der Waals surface area contributed by atoms with Crippen LogP contribution in [0.2, 0.25) is 0 Å². The molecule has 0 spiro atoms. The number of carbonyl (C=O) groups is 1. The molecular weight excluding hydrogens is 291 g/mol. The number of carbonyl (C=O) groups excluding carboxylic acids is 1. The van der Waals surface area contributed by atoms with Gasteiger partial charge in [0.1, 0.15) is 5.82 Å². The SMILES string of the molecule is Cc1cc(I)cnc1NC(=O)C(C)C. The van der Waals surface area contributed by atoms with E-state index in [1.54, 1.807) is 6.20 Å². The Morgan fingerprint density at radius 1 is 1.57 bits per heavy atom. The lowest BCUT2D eigenvalue weighted by atomic mass is 10.2. The average Bonchev–Trinajstić information content (AvgIpc) is 2.09. The molecular formula is C10H13IN2O. The van der Waals surface area contributed by atoms with Gasteiger partial charge in [-0.05, 0) is 41.1 Å². The fourth-order valence-electron chi connectivity index (χ4n) is 0.932. The van der Waals surface area contributed by atoms with E-state index in [2.05, 4.69) is 32.9 Å². The molecule has 1 heterocycles. The molecule has 0 aliphatic rings. The summed E-state index contributed by atoms with van der Waals surface area (Å²) >= 11 is 2.19. The first-order valence-electron chi connectivity index (χ1n) is 4.43. The second-order valence-electron chi connectivity index (χ2n) is 3.46. The zero-order valence-corrected chi connectivity index (χ0v) is 10.6. The predicted octanol–water partition coefficient (Wildman–Crippen LogP) is 2.59. The van der Waals surface area contributed by atoms with Gasteiger partial charge < -0.3 is 5.32 Å². The molecule has 3 nitrogen and oxygen atoms in total. The highest BCUT2D eigenvalue weighted by Crippen LogP contribution is 2.14. The van der Waals surface area contributed by atoms with E-state index in [0.717, 1.165) is 9.13 Å². The first-order chi connectivity index (χ1) is 6.50. The molecule has 0 saturated carbocycles. The molecule has 1 aromatic heterocycles. The minimum atomic E-state index is -0.0181. The van der Waals surface area contributed by atoms with Gasteiger partial charge in [0.05, 0.1) is 0 Å². The van der Waals surface area contributed by atoms with Crippen LogP contribution in [0.3, 0.4) is 0 Å². The Morgan fingerprint density at radius 3 is 2.71 bits per heavy atom. The van der Waals surface area contributed by atoms with Gasteiger partial charge in [0.2, 0.25) is 5.91 Å². The molecule has 0 saturated heterocycles. The molecule has 76 valence electrons. The third-order valence-corrected chi connectivity index (χ3v) is 2.40. The molecule has 1 aromatic rings. The van der Waals surface area contributed by atoms with Crippen molar-refractivity contribution in [1.82, 2.24) is 4.98 Å². The monoisotopic (exact) mass is 304 g/mol. The van der Waals surface area contributed by atoms with E-state index in [4.69, 9.17) is 0 Å².